The van der Waals surface area contributed by atoms with Crippen LogP contribution in [0.2, 0.25) is 0 Å². The Morgan fingerprint density at radius 3 is 1.84 bits per heavy atom. The van der Waals surface area contributed by atoms with E-state index in [2.05, 4.69) is 185 Å². The van der Waals surface area contributed by atoms with Crippen molar-refractivity contribution in [1.29, 1.82) is 0 Å². The molecule has 0 N–H and O–H groups in total. The van der Waals surface area contributed by atoms with E-state index in [-0.39, 0.29) is 0 Å². The van der Waals surface area contributed by atoms with Gasteiger partial charge in [-0.3, -0.25) is 4.57 Å². The summed E-state index contributed by atoms with van der Waals surface area (Å²) in [7, 11) is 0. The minimum absolute atomic E-state index is 0.601. The van der Waals surface area contributed by atoms with E-state index in [1.807, 2.05) is 18.2 Å². The average Bonchev–Trinajstić information content (AvgIpc) is 3.95. The summed E-state index contributed by atoms with van der Waals surface area (Å²) in [5.41, 5.74) is 12.2. The molecule has 4 aromatic heterocycles. The number of nitrogens with zero attached hydrogens (tertiary/aromatic N) is 4. The molecule has 0 atom stereocenters. The molecule has 0 spiro atoms. The van der Waals surface area contributed by atoms with E-state index in [0.29, 0.717) is 5.82 Å². The van der Waals surface area contributed by atoms with Crippen molar-refractivity contribution >= 4 is 65.6 Å². The fourth-order valence-electron chi connectivity index (χ4n) is 8.81. The van der Waals surface area contributed by atoms with Gasteiger partial charge in [0.2, 0.25) is 0 Å². The van der Waals surface area contributed by atoms with Crippen LogP contribution >= 0.6 is 0 Å². The van der Waals surface area contributed by atoms with E-state index >= 15 is 0 Å². The third-order valence-electron chi connectivity index (χ3n) is 11.4. The second-order valence-corrected chi connectivity index (χ2v) is 14.6. The standard InChI is InChI=1S/C52H32N4O/c1-3-14-33(15-4-1)34-26-28-35(29-27-34)43-32-48(54-52(53-43)42-22-13-21-40-38-19-9-12-25-47(38)57-51(40)42)56-44-23-10-7-18-37(44)39-30-31-46-49(50(39)56)41-20-8-11-24-45(41)55(46)36-16-5-2-6-17-36/h1-32H. The molecule has 8 aromatic carbocycles. The van der Waals surface area contributed by atoms with Crippen molar-refractivity contribution in [2.75, 3.05) is 0 Å². The van der Waals surface area contributed by atoms with Crippen molar-refractivity contribution in [3.05, 3.63) is 194 Å². The van der Waals surface area contributed by atoms with Crippen molar-refractivity contribution < 1.29 is 4.42 Å². The van der Waals surface area contributed by atoms with E-state index < -0.39 is 0 Å². The van der Waals surface area contributed by atoms with Gasteiger partial charge in [0, 0.05) is 49.6 Å². The molecule has 0 fully saturated rings. The van der Waals surface area contributed by atoms with Gasteiger partial charge in [0.15, 0.2) is 5.82 Å². The molecule has 0 amide bonds. The molecule has 0 aliphatic carbocycles. The smallest absolute Gasteiger partial charge is 0.165 e. The largest absolute Gasteiger partial charge is 0.455 e. The first-order valence-corrected chi connectivity index (χ1v) is 19.3. The van der Waals surface area contributed by atoms with Crippen LogP contribution in [0.15, 0.2) is 199 Å². The molecule has 4 heterocycles. The van der Waals surface area contributed by atoms with Gasteiger partial charge >= 0.3 is 0 Å². The first-order valence-electron chi connectivity index (χ1n) is 19.3. The topological polar surface area (TPSA) is 48.8 Å². The second-order valence-electron chi connectivity index (χ2n) is 14.6. The highest BCUT2D eigenvalue weighted by Crippen LogP contribution is 2.43. The summed E-state index contributed by atoms with van der Waals surface area (Å²) < 4.78 is 11.3. The SMILES string of the molecule is c1ccc(-c2ccc(-c3cc(-n4c5ccccc5c5ccc6c(c7ccccc7n6-c6ccccc6)c54)nc(-c4cccc5c4oc4ccccc45)n3)cc2)cc1. The molecule has 0 unspecified atom stereocenters. The highest BCUT2D eigenvalue weighted by atomic mass is 16.3. The minimum Gasteiger partial charge on any atom is -0.455 e. The quantitative estimate of drug-likeness (QED) is 0.177. The minimum atomic E-state index is 0.601. The molecule has 5 nitrogen and oxygen atoms in total. The Morgan fingerprint density at radius 1 is 0.404 bits per heavy atom. The molecule has 12 aromatic rings. The van der Waals surface area contributed by atoms with Crippen LogP contribution in [-0.2, 0) is 0 Å². The summed E-state index contributed by atoms with van der Waals surface area (Å²) in [6, 6.07) is 68.3. The van der Waals surface area contributed by atoms with E-state index in [9.17, 15) is 0 Å². The number of benzene rings is 8. The maximum absolute atomic E-state index is 6.58. The Hall–Kier alpha value is -7.76. The highest BCUT2D eigenvalue weighted by molar-refractivity contribution is 6.26. The first kappa shape index (κ1) is 31.6. The van der Waals surface area contributed by atoms with E-state index in [4.69, 9.17) is 14.4 Å². The van der Waals surface area contributed by atoms with E-state index in [1.165, 1.54) is 27.1 Å². The molecule has 0 bridgehead atoms. The number of hydrogen-bond donors (Lipinski definition) is 0. The predicted molar refractivity (Wildman–Crippen MR) is 234 cm³/mol. The number of fused-ring (bicyclic) bond motifs is 10. The van der Waals surface area contributed by atoms with Crippen molar-refractivity contribution in [2.24, 2.45) is 0 Å². The summed E-state index contributed by atoms with van der Waals surface area (Å²) >= 11 is 0. The van der Waals surface area contributed by atoms with Crippen LogP contribution in [0.5, 0.6) is 0 Å². The Labute approximate surface area is 327 Å². The highest BCUT2D eigenvalue weighted by Gasteiger charge is 2.23. The van der Waals surface area contributed by atoms with Gasteiger partial charge < -0.3 is 8.98 Å². The lowest BCUT2D eigenvalue weighted by Gasteiger charge is -2.13. The number of rotatable bonds is 5. The van der Waals surface area contributed by atoms with Crippen molar-refractivity contribution in [1.82, 2.24) is 19.1 Å². The van der Waals surface area contributed by atoms with Gasteiger partial charge in [0.05, 0.1) is 33.3 Å². The zero-order chi connectivity index (χ0) is 37.5. The molecule has 0 aliphatic heterocycles. The zero-order valence-electron chi connectivity index (χ0n) is 30.7. The Bertz CT molecular complexity index is 3500. The second kappa shape index (κ2) is 12.4. The van der Waals surface area contributed by atoms with Crippen LogP contribution < -0.4 is 0 Å². The number of furan rings is 1. The first-order chi connectivity index (χ1) is 28.3. The van der Waals surface area contributed by atoms with E-state index in [0.717, 1.165) is 77.9 Å². The molecular formula is C52H32N4O. The van der Waals surface area contributed by atoms with Crippen LogP contribution in [-0.4, -0.2) is 19.1 Å². The molecule has 57 heavy (non-hydrogen) atoms. The number of hydrogen-bond acceptors (Lipinski definition) is 3. The van der Waals surface area contributed by atoms with Crippen LogP contribution in [0.1, 0.15) is 0 Å². The van der Waals surface area contributed by atoms with Gasteiger partial charge in [-0.15, -0.1) is 0 Å². The van der Waals surface area contributed by atoms with Crippen LogP contribution in [0.4, 0.5) is 0 Å². The molecular weight excluding hydrogens is 697 g/mol. The van der Waals surface area contributed by atoms with Crippen LogP contribution in [0.25, 0.3) is 111 Å². The maximum atomic E-state index is 6.58. The number of para-hydroxylation sites is 5. The fraction of sp³-hybridized carbons (Fsp3) is 0. The van der Waals surface area contributed by atoms with Gasteiger partial charge in [0.25, 0.3) is 0 Å². The van der Waals surface area contributed by atoms with Crippen molar-refractivity contribution in [3.8, 4) is 45.3 Å². The molecule has 12 rings (SSSR count). The van der Waals surface area contributed by atoms with Gasteiger partial charge in [0.1, 0.15) is 17.0 Å². The molecule has 5 heteroatoms. The lowest BCUT2D eigenvalue weighted by atomic mass is 10.0. The normalized spacial score (nSPS) is 11.9. The van der Waals surface area contributed by atoms with Crippen LogP contribution in [0, 0.1) is 0 Å². The van der Waals surface area contributed by atoms with Crippen LogP contribution in [0.3, 0.4) is 0 Å². The van der Waals surface area contributed by atoms with Crippen molar-refractivity contribution in [3.63, 3.8) is 0 Å². The Morgan fingerprint density at radius 2 is 1.04 bits per heavy atom. The van der Waals surface area contributed by atoms with Gasteiger partial charge in [-0.05, 0) is 53.6 Å². The lowest BCUT2D eigenvalue weighted by Crippen LogP contribution is -2.03. The summed E-state index contributed by atoms with van der Waals surface area (Å²) in [6.45, 7) is 0. The summed E-state index contributed by atoms with van der Waals surface area (Å²) in [4.78, 5) is 10.8. The summed E-state index contributed by atoms with van der Waals surface area (Å²) in [6.07, 6.45) is 0. The monoisotopic (exact) mass is 728 g/mol. The Kier molecular flexibility index (Phi) is 6.86. The maximum Gasteiger partial charge on any atom is 0.165 e. The molecule has 0 aliphatic rings. The molecule has 266 valence electrons. The van der Waals surface area contributed by atoms with Crippen molar-refractivity contribution in [2.45, 2.75) is 0 Å². The Balaban J connectivity index is 1.18. The third kappa shape index (κ3) is 4.82. The molecule has 0 saturated carbocycles. The van der Waals surface area contributed by atoms with Gasteiger partial charge in [-0.1, -0.05) is 146 Å². The fourth-order valence-corrected chi connectivity index (χ4v) is 8.81. The molecule has 0 radical (unpaired) electrons. The summed E-state index contributed by atoms with van der Waals surface area (Å²) in [5, 5.41) is 6.81. The zero-order valence-corrected chi connectivity index (χ0v) is 30.7. The average molecular weight is 729 g/mol. The lowest BCUT2D eigenvalue weighted by molar-refractivity contribution is 0.669. The predicted octanol–water partition coefficient (Wildman–Crippen LogP) is 13.6. The third-order valence-corrected chi connectivity index (χ3v) is 11.4. The van der Waals surface area contributed by atoms with E-state index in [1.54, 1.807) is 0 Å². The summed E-state index contributed by atoms with van der Waals surface area (Å²) in [5.74, 6) is 1.38. The van der Waals surface area contributed by atoms with Gasteiger partial charge in [-0.2, -0.15) is 0 Å². The van der Waals surface area contributed by atoms with Gasteiger partial charge in [-0.25, -0.2) is 9.97 Å². The number of aromatic nitrogens is 4. The molecule has 0 saturated heterocycles.